The van der Waals surface area contributed by atoms with Gasteiger partial charge in [-0.3, -0.25) is 4.79 Å². The molecule has 0 saturated heterocycles. The predicted octanol–water partition coefficient (Wildman–Crippen LogP) is 4.22. The van der Waals surface area contributed by atoms with Crippen molar-refractivity contribution in [3.8, 4) is 5.75 Å². The Morgan fingerprint density at radius 3 is 2.67 bits per heavy atom. The molecule has 0 fully saturated rings. The minimum absolute atomic E-state index is 0.207. The number of carbonyl (C=O) groups excluding carboxylic acids is 1. The Morgan fingerprint density at radius 2 is 1.88 bits per heavy atom. The number of pyridine rings is 1. The van der Waals surface area contributed by atoms with Crippen molar-refractivity contribution < 1.29 is 9.53 Å². The Kier molecular flexibility index (Phi) is 4.87. The molecule has 1 N–H and O–H groups in total. The molecule has 0 aliphatic heterocycles. The summed E-state index contributed by atoms with van der Waals surface area (Å²) >= 11 is 0. The molecule has 1 aromatic heterocycles. The van der Waals surface area contributed by atoms with Crippen LogP contribution in [0.25, 0.3) is 0 Å². The first-order valence-electron chi connectivity index (χ1n) is 7.72. The van der Waals surface area contributed by atoms with Crippen LogP contribution in [0.2, 0.25) is 0 Å². The van der Waals surface area contributed by atoms with Gasteiger partial charge in [0.2, 0.25) is 0 Å². The number of hydrogen-bond acceptors (Lipinski definition) is 3. The lowest BCUT2D eigenvalue weighted by atomic mass is 10.1. The van der Waals surface area contributed by atoms with Gasteiger partial charge in [0.25, 0.3) is 5.91 Å². The van der Waals surface area contributed by atoms with E-state index < -0.39 is 0 Å². The van der Waals surface area contributed by atoms with Gasteiger partial charge in [-0.25, -0.2) is 4.98 Å². The Bertz CT molecular complexity index is 832. The molecule has 24 heavy (non-hydrogen) atoms. The quantitative estimate of drug-likeness (QED) is 0.766. The maximum atomic E-state index is 12.4. The van der Waals surface area contributed by atoms with E-state index in [-0.39, 0.29) is 5.91 Å². The van der Waals surface area contributed by atoms with Gasteiger partial charge in [0.1, 0.15) is 6.61 Å². The summed E-state index contributed by atoms with van der Waals surface area (Å²) < 4.78 is 5.81. The molecule has 0 saturated carbocycles. The van der Waals surface area contributed by atoms with E-state index in [2.05, 4.69) is 10.3 Å². The molecule has 0 radical (unpaired) electrons. The molecular weight excluding hydrogens is 300 g/mol. The summed E-state index contributed by atoms with van der Waals surface area (Å²) in [6.07, 6.45) is 1.63. The van der Waals surface area contributed by atoms with E-state index in [0.717, 1.165) is 11.1 Å². The summed E-state index contributed by atoms with van der Waals surface area (Å²) in [5.41, 5.74) is 2.68. The molecule has 3 aromatic rings. The van der Waals surface area contributed by atoms with Gasteiger partial charge < -0.3 is 10.1 Å². The van der Waals surface area contributed by atoms with Crippen LogP contribution in [0.15, 0.2) is 72.9 Å². The van der Waals surface area contributed by atoms with E-state index in [4.69, 9.17) is 4.74 Å². The van der Waals surface area contributed by atoms with Crippen molar-refractivity contribution in [2.24, 2.45) is 0 Å². The Hall–Kier alpha value is -3.14. The van der Waals surface area contributed by atoms with Gasteiger partial charge >= 0.3 is 0 Å². The van der Waals surface area contributed by atoms with Gasteiger partial charge in [-0.15, -0.1) is 0 Å². The molecule has 1 amide bonds. The Morgan fingerprint density at radius 1 is 1.04 bits per heavy atom. The smallest absolute Gasteiger partial charge is 0.256 e. The van der Waals surface area contributed by atoms with Crippen molar-refractivity contribution in [1.29, 1.82) is 0 Å². The van der Waals surface area contributed by atoms with E-state index >= 15 is 0 Å². The van der Waals surface area contributed by atoms with E-state index in [1.54, 1.807) is 24.4 Å². The highest BCUT2D eigenvalue weighted by atomic mass is 16.5. The van der Waals surface area contributed by atoms with Crippen LogP contribution in [0.4, 0.5) is 5.82 Å². The summed E-state index contributed by atoms with van der Waals surface area (Å²) in [5, 5.41) is 2.82. The minimum atomic E-state index is -0.207. The summed E-state index contributed by atoms with van der Waals surface area (Å²) in [5.74, 6) is 0.754. The highest BCUT2D eigenvalue weighted by Crippen LogP contribution is 2.23. The molecule has 4 nitrogen and oxygen atoms in total. The summed E-state index contributed by atoms with van der Waals surface area (Å²) in [4.78, 5) is 16.6. The van der Waals surface area contributed by atoms with Gasteiger partial charge in [0.05, 0.1) is 0 Å². The SMILES string of the molecule is Cc1cccc(C(=O)Nc2ncccc2OCc2ccccc2)c1. The molecule has 0 bridgehead atoms. The van der Waals surface area contributed by atoms with Gasteiger partial charge in [-0.1, -0.05) is 48.0 Å². The second-order valence-electron chi connectivity index (χ2n) is 5.45. The highest BCUT2D eigenvalue weighted by molar-refractivity contribution is 6.04. The first-order valence-corrected chi connectivity index (χ1v) is 7.72. The first-order chi connectivity index (χ1) is 11.7. The van der Waals surface area contributed by atoms with E-state index in [9.17, 15) is 4.79 Å². The summed E-state index contributed by atoms with van der Waals surface area (Å²) in [7, 11) is 0. The number of hydrogen-bond donors (Lipinski definition) is 1. The van der Waals surface area contributed by atoms with Crippen molar-refractivity contribution in [2.75, 3.05) is 5.32 Å². The fourth-order valence-corrected chi connectivity index (χ4v) is 2.30. The molecule has 1 heterocycles. The number of ether oxygens (including phenoxy) is 1. The third-order valence-corrected chi connectivity index (χ3v) is 3.52. The number of aromatic nitrogens is 1. The van der Waals surface area contributed by atoms with E-state index in [1.165, 1.54) is 0 Å². The zero-order valence-corrected chi connectivity index (χ0v) is 13.4. The van der Waals surface area contributed by atoms with Crippen molar-refractivity contribution >= 4 is 11.7 Å². The van der Waals surface area contributed by atoms with E-state index in [1.807, 2.05) is 55.5 Å². The maximum absolute atomic E-state index is 12.4. The molecule has 3 rings (SSSR count). The summed E-state index contributed by atoms with van der Waals surface area (Å²) in [6, 6.07) is 20.8. The van der Waals surface area contributed by atoms with Gasteiger partial charge in [-0.2, -0.15) is 0 Å². The monoisotopic (exact) mass is 318 g/mol. The average molecular weight is 318 g/mol. The lowest BCUT2D eigenvalue weighted by Gasteiger charge is -2.11. The standard InChI is InChI=1S/C20H18N2O2/c1-15-7-5-10-17(13-15)20(23)22-19-18(11-6-12-21-19)24-14-16-8-3-2-4-9-16/h2-13H,14H2,1H3,(H,21,22,23). The molecule has 4 heteroatoms. The van der Waals surface area contributed by atoms with Crippen LogP contribution in [0.3, 0.4) is 0 Å². The Labute approximate surface area is 141 Å². The molecule has 120 valence electrons. The van der Waals surface area contributed by atoms with Crippen LogP contribution in [-0.4, -0.2) is 10.9 Å². The number of anilines is 1. The third kappa shape index (κ3) is 3.98. The lowest BCUT2D eigenvalue weighted by Crippen LogP contribution is -2.14. The molecule has 0 unspecified atom stereocenters. The number of amides is 1. The molecule has 0 aliphatic rings. The second kappa shape index (κ2) is 7.42. The van der Waals surface area contributed by atoms with Gasteiger partial charge in [0.15, 0.2) is 11.6 Å². The van der Waals surface area contributed by atoms with Crippen molar-refractivity contribution in [1.82, 2.24) is 4.98 Å². The van der Waals surface area contributed by atoms with Crippen LogP contribution in [0.5, 0.6) is 5.75 Å². The van der Waals surface area contributed by atoms with Crippen molar-refractivity contribution in [2.45, 2.75) is 13.5 Å². The average Bonchev–Trinajstić information content (AvgIpc) is 2.62. The minimum Gasteiger partial charge on any atom is -0.485 e. The van der Waals surface area contributed by atoms with Crippen LogP contribution in [-0.2, 0) is 6.61 Å². The number of nitrogens with zero attached hydrogens (tertiary/aromatic N) is 1. The molecule has 0 atom stereocenters. The number of nitrogens with one attached hydrogen (secondary N) is 1. The number of rotatable bonds is 5. The van der Waals surface area contributed by atoms with Crippen molar-refractivity contribution in [3.63, 3.8) is 0 Å². The second-order valence-corrected chi connectivity index (χ2v) is 5.45. The first kappa shape index (κ1) is 15.7. The highest BCUT2D eigenvalue weighted by Gasteiger charge is 2.11. The zero-order valence-electron chi connectivity index (χ0n) is 13.4. The third-order valence-electron chi connectivity index (χ3n) is 3.52. The molecule has 2 aromatic carbocycles. The number of aryl methyl sites for hydroxylation is 1. The predicted molar refractivity (Wildman–Crippen MR) is 94.1 cm³/mol. The largest absolute Gasteiger partial charge is 0.485 e. The van der Waals surface area contributed by atoms with Gasteiger partial charge in [-0.05, 0) is 36.8 Å². The molecule has 0 aliphatic carbocycles. The Balaban J connectivity index is 1.73. The normalized spacial score (nSPS) is 10.2. The van der Waals surface area contributed by atoms with Crippen molar-refractivity contribution in [3.05, 3.63) is 89.6 Å². The van der Waals surface area contributed by atoms with E-state index in [0.29, 0.717) is 23.7 Å². The number of carbonyl (C=O) groups is 1. The van der Waals surface area contributed by atoms with Crippen LogP contribution in [0.1, 0.15) is 21.5 Å². The van der Waals surface area contributed by atoms with Crippen LogP contribution in [0, 0.1) is 6.92 Å². The van der Waals surface area contributed by atoms with Gasteiger partial charge in [0, 0.05) is 11.8 Å². The summed E-state index contributed by atoms with van der Waals surface area (Å²) in [6.45, 7) is 2.37. The number of benzene rings is 2. The fraction of sp³-hybridized carbons (Fsp3) is 0.100. The lowest BCUT2D eigenvalue weighted by molar-refractivity contribution is 0.102. The topological polar surface area (TPSA) is 51.2 Å². The molecule has 0 spiro atoms. The van der Waals surface area contributed by atoms with Crippen LogP contribution >= 0.6 is 0 Å². The van der Waals surface area contributed by atoms with Crippen LogP contribution < -0.4 is 10.1 Å². The molecular formula is C20H18N2O2. The fourth-order valence-electron chi connectivity index (χ4n) is 2.30. The zero-order chi connectivity index (χ0) is 16.8. The maximum Gasteiger partial charge on any atom is 0.256 e.